The molecule has 1 aliphatic carbocycles. The normalized spacial score (nSPS) is 22.5. The zero-order valence-corrected chi connectivity index (χ0v) is 28.5. The molecule has 1 fully saturated rings. The van der Waals surface area contributed by atoms with Crippen molar-refractivity contribution in [3.05, 3.63) is 144 Å². The fourth-order valence-electron chi connectivity index (χ4n) is 6.05. The highest BCUT2D eigenvalue weighted by molar-refractivity contribution is 5.17. The second kappa shape index (κ2) is 20.2. The summed E-state index contributed by atoms with van der Waals surface area (Å²) in [6, 6.07) is 41.0. The summed E-state index contributed by atoms with van der Waals surface area (Å²) in [6.07, 6.45) is 1.08. The Labute approximate surface area is 287 Å². The van der Waals surface area contributed by atoms with Gasteiger partial charge in [0.25, 0.3) is 0 Å². The van der Waals surface area contributed by atoms with Crippen molar-refractivity contribution in [3.63, 3.8) is 0 Å². The fraction of sp³-hybridized carbons (Fsp3) is 0.429. The second-order valence-corrected chi connectivity index (χ2v) is 12.4. The van der Waals surface area contributed by atoms with E-state index in [2.05, 4.69) is 62.4 Å². The summed E-state index contributed by atoms with van der Waals surface area (Å²) in [7, 11) is 0. The first kappa shape index (κ1) is 35.9. The Morgan fingerprint density at radius 3 is 0.792 bits per heavy atom. The highest BCUT2D eigenvalue weighted by Crippen LogP contribution is 2.36. The Morgan fingerprint density at radius 2 is 0.562 bits per heavy atom. The van der Waals surface area contributed by atoms with E-state index in [1.807, 2.05) is 72.8 Å². The van der Waals surface area contributed by atoms with Gasteiger partial charge in [0, 0.05) is 13.2 Å². The van der Waals surface area contributed by atoms with Gasteiger partial charge in [-0.2, -0.15) is 0 Å². The van der Waals surface area contributed by atoms with Crippen LogP contribution in [0.25, 0.3) is 0 Å². The maximum absolute atomic E-state index is 6.90. The minimum atomic E-state index is -0.504. The molecule has 48 heavy (non-hydrogen) atoms. The molecule has 0 N–H and O–H groups in total. The Bertz CT molecular complexity index is 1280. The third kappa shape index (κ3) is 10.8. The van der Waals surface area contributed by atoms with E-state index in [1.54, 1.807) is 0 Å². The van der Waals surface area contributed by atoms with Gasteiger partial charge in [0.15, 0.2) is 0 Å². The van der Waals surface area contributed by atoms with Crippen LogP contribution in [-0.4, -0.2) is 49.8 Å². The van der Waals surface area contributed by atoms with Crippen LogP contribution >= 0.6 is 0 Å². The number of ether oxygens (including phenoxy) is 6. The molecule has 0 saturated heterocycles. The van der Waals surface area contributed by atoms with E-state index in [4.69, 9.17) is 28.4 Å². The Balaban J connectivity index is 1.54. The molecule has 0 amide bonds. The summed E-state index contributed by atoms with van der Waals surface area (Å²) < 4.78 is 41.1. The van der Waals surface area contributed by atoms with Crippen LogP contribution in [0.3, 0.4) is 0 Å². The lowest BCUT2D eigenvalue weighted by Crippen LogP contribution is -2.67. The van der Waals surface area contributed by atoms with Crippen LogP contribution in [0.15, 0.2) is 121 Å². The molecule has 4 aromatic carbocycles. The first-order chi connectivity index (χ1) is 23.8. The standard InChI is InChI=1S/C42H52O6/c1-3-5-27-43-37-38(44-28-6-4-2)40(46-30-34-21-13-8-14-22-34)42(48-32-36-25-17-10-18-26-36)41(47-31-35-23-15-9-16-24-35)39(37)45-29-33-19-11-7-12-20-33/h7-26,37-42H,3-6,27-32H2,1-2H3/t37-,38+,39-,40-,41+,42+/m0/s1. The molecule has 1 aliphatic rings. The van der Waals surface area contributed by atoms with Crippen molar-refractivity contribution in [3.8, 4) is 0 Å². The molecule has 256 valence electrons. The van der Waals surface area contributed by atoms with Gasteiger partial charge in [-0.1, -0.05) is 148 Å². The quantitative estimate of drug-likeness (QED) is 0.0891. The van der Waals surface area contributed by atoms with E-state index in [0.717, 1.165) is 47.9 Å². The van der Waals surface area contributed by atoms with Gasteiger partial charge in [-0.3, -0.25) is 0 Å². The van der Waals surface area contributed by atoms with E-state index in [1.165, 1.54) is 0 Å². The average molecular weight is 653 g/mol. The first-order valence-electron chi connectivity index (χ1n) is 17.6. The summed E-state index contributed by atoms with van der Waals surface area (Å²) in [6.45, 7) is 7.15. The third-order valence-corrected chi connectivity index (χ3v) is 8.70. The van der Waals surface area contributed by atoms with Crippen LogP contribution in [0.2, 0.25) is 0 Å². The molecule has 6 nitrogen and oxygen atoms in total. The lowest BCUT2D eigenvalue weighted by Gasteiger charge is -2.50. The highest BCUT2D eigenvalue weighted by atomic mass is 16.6. The zero-order chi connectivity index (χ0) is 33.2. The maximum Gasteiger partial charge on any atom is 0.116 e. The van der Waals surface area contributed by atoms with Crippen LogP contribution in [0.1, 0.15) is 61.8 Å². The molecular weight excluding hydrogens is 600 g/mol. The highest BCUT2D eigenvalue weighted by Gasteiger charge is 2.55. The molecule has 5 rings (SSSR count). The summed E-state index contributed by atoms with van der Waals surface area (Å²) >= 11 is 0. The number of hydrogen-bond donors (Lipinski definition) is 0. The lowest BCUT2D eigenvalue weighted by molar-refractivity contribution is -0.289. The molecule has 6 atom stereocenters. The number of rotatable bonds is 20. The maximum atomic E-state index is 6.90. The van der Waals surface area contributed by atoms with Crippen LogP contribution in [-0.2, 0) is 54.8 Å². The minimum Gasteiger partial charge on any atom is -0.373 e. The van der Waals surface area contributed by atoms with Crippen molar-refractivity contribution < 1.29 is 28.4 Å². The molecule has 0 bridgehead atoms. The van der Waals surface area contributed by atoms with Gasteiger partial charge in [-0.05, 0) is 35.1 Å². The van der Waals surface area contributed by atoms with Gasteiger partial charge in [-0.15, -0.1) is 0 Å². The van der Waals surface area contributed by atoms with Crippen LogP contribution in [0, 0.1) is 0 Å². The molecule has 0 heterocycles. The Hall–Kier alpha value is -3.36. The third-order valence-electron chi connectivity index (χ3n) is 8.70. The monoisotopic (exact) mass is 652 g/mol. The van der Waals surface area contributed by atoms with Crippen LogP contribution in [0.5, 0.6) is 0 Å². The summed E-state index contributed by atoms with van der Waals surface area (Å²) in [5.41, 5.74) is 4.32. The molecule has 0 aliphatic heterocycles. The van der Waals surface area contributed by atoms with E-state index >= 15 is 0 Å². The van der Waals surface area contributed by atoms with Gasteiger partial charge in [-0.25, -0.2) is 0 Å². The van der Waals surface area contributed by atoms with Crippen LogP contribution in [0.4, 0.5) is 0 Å². The van der Waals surface area contributed by atoms with Gasteiger partial charge in [0.05, 0.1) is 26.4 Å². The van der Waals surface area contributed by atoms with Crippen molar-refractivity contribution in [2.75, 3.05) is 13.2 Å². The molecule has 1 saturated carbocycles. The second-order valence-electron chi connectivity index (χ2n) is 12.4. The molecule has 6 heteroatoms. The minimum absolute atomic E-state index is 0.399. The van der Waals surface area contributed by atoms with Crippen molar-refractivity contribution in [2.24, 2.45) is 0 Å². The average Bonchev–Trinajstić information content (AvgIpc) is 3.14. The molecule has 0 spiro atoms. The first-order valence-corrected chi connectivity index (χ1v) is 17.6. The number of benzene rings is 4. The van der Waals surface area contributed by atoms with E-state index < -0.39 is 36.6 Å². The predicted molar refractivity (Wildman–Crippen MR) is 189 cm³/mol. The SMILES string of the molecule is CCCCO[C@@H]1[C@H](OCCCC)[C@H](OCc2ccccc2)[C@@H](OCc2ccccc2)[C@H](OCc2ccccc2)[C@H]1OCc1ccccc1. The lowest BCUT2D eigenvalue weighted by atomic mass is 9.83. The Kier molecular flexibility index (Phi) is 15.1. The van der Waals surface area contributed by atoms with E-state index in [-0.39, 0.29) is 0 Å². The molecule has 0 aromatic heterocycles. The van der Waals surface area contributed by atoms with Crippen molar-refractivity contribution in [1.29, 1.82) is 0 Å². The number of hydrogen-bond acceptors (Lipinski definition) is 6. The summed E-state index contributed by atoms with van der Waals surface area (Å²) in [4.78, 5) is 0. The van der Waals surface area contributed by atoms with E-state index in [9.17, 15) is 0 Å². The van der Waals surface area contributed by atoms with Crippen molar-refractivity contribution in [1.82, 2.24) is 0 Å². The zero-order valence-electron chi connectivity index (χ0n) is 28.5. The fourth-order valence-corrected chi connectivity index (χ4v) is 6.05. The molecule has 4 aromatic rings. The smallest absolute Gasteiger partial charge is 0.116 e. The number of unbranched alkanes of at least 4 members (excludes halogenated alkanes) is 2. The van der Waals surface area contributed by atoms with Crippen LogP contribution < -0.4 is 0 Å². The topological polar surface area (TPSA) is 55.4 Å². The largest absolute Gasteiger partial charge is 0.373 e. The van der Waals surface area contributed by atoms with Gasteiger partial charge in [0.2, 0.25) is 0 Å². The van der Waals surface area contributed by atoms with E-state index in [0.29, 0.717) is 39.6 Å². The van der Waals surface area contributed by atoms with Crippen molar-refractivity contribution >= 4 is 0 Å². The Morgan fingerprint density at radius 1 is 0.333 bits per heavy atom. The predicted octanol–water partition coefficient (Wildman–Crippen LogP) is 8.71. The molecule has 0 radical (unpaired) electrons. The summed E-state index contributed by atoms with van der Waals surface area (Å²) in [5, 5.41) is 0. The van der Waals surface area contributed by atoms with Gasteiger partial charge >= 0.3 is 0 Å². The van der Waals surface area contributed by atoms with Gasteiger partial charge in [0.1, 0.15) is 36.6 Å². The molecule has 0 unspecified atom stereocenters. The van der Waals surface area contributed by atoms with Gasteiger partial charge < -0.3 is 28.4 Å². The van der Waals surface area contributed by atoms with Crippen molar-refractivity contribution in [2.45, 2.75) is 103 Å². The molecular formula is C42H52O6. The summed E-state index contributed by atoms with van der Waals surface area (Å²) in [5.74, 6) is 0.